The Balaban J connectivity index is 1.49. The van der Waals surface area contributed by atoms with Crippen molar-refractivity contribution in [3.05, 3.63) is 45.7 Å². The van der Waals surface area contributed by atoms with Gasteiger partial charge in [-0.2, -0.15) is 4.31 Å². The second kappa shape index (κ2) is 6.40. The quantitative estimate of drug-likeness (QED) is 0.789. The fraction of sp³-hybridized carbons (Fsp3) is 0.471. The van der Waals surface area contributed by atoms with E-state index in [1.807, 2.05) is 25.3 Å². The Labute approximate surface area is 156 Å². The fourth-order valence-corrected chi connectivity index (χ4v) is 6.44. The molecule has 7 nitrogen and oxygen atoms in total. The zero-order valence-corrected chi connectivity index (χ0v) is 16.3. The summed E-state index contributed by atoms with van der Waals surface area (Å²) >= 11 is 1.52. The van der Waals surface area contributed by atoms with Crippen LogP contribution >= 0.6 is 11.3 Å². The van der Waals surface area contributed by atoms with Crippen LogP contribution < -0.4 is 0 Å². The number of hydrogen-bond acceptors (Lipinski definition) is 6. The predicted molar refractivity (Wildman–Crippen MR) is 98.3 cm³/mol. The predicted octanol–water partition coefficient (Wildman–Crippen LogP) is 1.44. The maximum atomic E-state index is 12.9. The van der Waals surface area contributed by atoms with Crippen molar-refractivity contribution in [1.29, 1.82) is 0 Å². The molecule has 138 valence electrons. The number of fused-ring (bicyclic) bond motifs is 1. The van der Waals surface area contributed by atoms with Crippen LogP contribution in [0.2, 0.25) is 0 Å². The van der Waals surface area contributed by atoms with E-state index in [4.69, 9.17) is 0 Å². The largest absolute Gasteiger partial charge is 0.336 e. The van der Waals surface area contributed by atoms with Crippen molar-refractivity contribution >= 4 is 27.3 Å². The van der Waals surface area contributed by atoms with E-state index in [1.165, 1.54) is 15.6 Å². The third kappa shape index (κ3) is 3.04. The minimum atomic E-state index is -3.43. The number of carbonyl (C=O) groups is 1. The number of carbonyl (C=O) groups excluding carboxylic acids is 1. The summed E-state index contributed by atoms with van der Waals surface area (Å²) in [6.07, 6.45) is 0. The van der Waals surface area contributed by atoms with Crippen molar-refractivity contribution < 1.29 is 13.2 Å². The monoisotopic (exact) mass is 392 g/mol. The van der Waals surface area contributed by atoms with Gasteiger partial charge in [-0.1, -0.05) is 6.07 Å². The molecule has 0 aromatic carbocycles. The van der Waals surface area contributed by atoms with Gasteiger partial charge in [-0.05, 0) is 26.0 Å². The molecule has 2 atom stereocenters. The summed E-state index contributed by atoms with van der Waals surface area (Å²) in [4.78, 5) is 22.9. The first-order valence-electron chi connectivity index (χ1n) is 8.47. The molecule has 26 heavy (non-hydrogen) atoms. The molecule has 2 unspecified atom stereocenters. The molecule has 9 heteroatoms. The van der Waals surface area contributed by atoms with Gasteiger partial charge in [-0.25, -0.2) is 18.4 Å². The number of pyridine rings is 1. The standard InChI is InChI=1S/C17H20N4O3S2/c1-11-4-3-5-15(18-11)17(22)20-6-13-7-21(26(23,24)16(13)9-20)8-14-10-25-12(2)19-14/h3-5,10,13,16H,6-9H2,1-2H3. The Bertz CT molecular complexity index is 956. The molecule has 2 saturated heterocycles. The Morgan fingerprint density at radius 3 is 2.69 bits per heavy atom. The number of rotatable bonds is 3. The van der Waals surface area contributed by atoms with Crippen molar-refractivity contribution in [3.8, 4) is 0 Å². The summed E-state index contributed by atoms with van der Waals surface area (Å²) in [5.74, 6) is -0.256. The van der Waals surface area contributed by atoms with Crippen LogP contribution in [-0.4, -0.2) is 58.4 Å². The van der Waals surface area contributed by atoms with Gasteiger partial charge in [-0.3, -0.25) is 4.79 Å². The van der Waals surface area contributed by atoms with Crippen LogP contribution in [-0.2, 0) is 16.6 Å². The summed E-state index contributed by atoms with van der Waals surface area (Å²) in [7, 11) is -3.43. The lowest BCUT2D eigenvalue weighted by Crippen LogP contribution is -2.37. The topological polar surface area (TPSA) is 83.5 Å². The number of likely N-dealkylation sites (tertiary alicyclic amines) is 1. The highest BCUT2D eigenvalue weighted by Gasteiger charge is 2.52. The molecule has 2 fully saturated rings. The molecule has 0 radical (unpaired) electrons. The number of amides is 1. The van der Waals surface area contributed by atoms with E-state index in [2.05, 4.69) is 9.97 Å². The average Bonchev–Trinajstić information content (AvgIpc) is 3.25. The van der Waals surface area contributed by atoms with E-state index in [0.29, 0.717) is 25.3 Å². The Morgan fingerprint density at radius 1 is 1.23 bits per heavy atom. The van der Waals surface area contributed by atoms with Gasteiger partial charge in [0.05, 0.1) is 22.5 Å². The van der Waals surface area contributed by atoms with E-state index in [-0.39, 0.29) is 18.4 Å². The number of nitrogens with zero attached hydrogens (tertiary/aromatic N) is 4. The van der Waals surface area contributed by atoms with E-state index < -0.39 is 15.3 Å². The lowest BCUT2D eigenvalue weighted by Gasteiger charge is -2.21. The fourth-order valence-electron chi connectivity index (χ4n) is 3.72. The van der Waals surface area contributed by atoms with Gasteiger partial charge >= 0.3 is 0 Å². The number of thiazole rings is 1. The van der Waals surface area contributed by atoms with Gasteiger partial charge in [-0.15, -0.1) is 11.3 Å². The van der Waals surface area contributed by atoms with Crippen LogP contribution in [0.1, 0.15) is 26.9 Å². The van der Waals surface area contributed by atoms with Crippen molar-refractivity contribution in [2.24, 2.45) is 5.92 Å². The lowest BCUT2D eigenvalue weighted by atomic mass is 10.1. The second-order valence-electron chi connectivity index (χ2n) is 6.87. The van der Waals surface area contributed by atoms with E-state index in [9.17, 15) is 13.2 Å². The molecule has 0 N–H and O–H groups in total. The van der Waals surface area contributed by atoms with E-state index in [0.717, 1.165) is 16.4 Å². The van der Waals surface area contributed by atoms with Crippen LogP contribution in [0.5, 0.6) is 0 Å². The molecule has 0 spiro atoms. The number of aryl methyl sites for hydroxylation is 2. The van der Waals surface area contributed by atoms with Gasteiger partial charge in [0.25, 0.3) is 5.91 Å². The van der Waals surface area contributed by atoms with Crippen molar-refractivity contribution in [2.75, 3.05) is 19.6 Å². The van der Waals surface area contributed by atoms with Crippen LogP contribution in [0.15, 0.2) is 23.6 Å². The molecule has 2 aromatic heterocycles. The normalized spacial score (nSPS) is 24.8. The average molecular weight is 393 g/mol. The molecule has 4 rings (SSSR count). The summed E-state index contributed by atoms with van der Waals surface area (Å²) in [6.45, 7) is 5.17. The van der Waals surface area contributed by atoms with Gasteiger partial charge < -0.3 is 4.90 Å². The molecule has 2 aromatic rings. The van der Waals surface area contributed by atoms with Gasteiger partial charge in [0.1, 0.15) is 5.69 Å². The van der Waals surface area contributed by atoms with Crippen molar-refractivity contribution in [1.82, 2.24) is 19.2 Å². The first-order valence-corrected chi connectivity index (χ1v) is 10.9. The molecule has 0 bridgehead atoms. The molecular formula is C17H20N4O3S2. The summed E-state index contributed by atoms with van der Waals surface area (Å²) in [6, 6.07) is 5.30. The summed E-state index contributed by atoms with van der Waals surface area (Å²) in [5.41, 5.74) is 1.93. The molecule has 0 saturated carbocycles. The minimum absolute atomic E-state index is 0.0616. The molecule has 2 aliphatic heterocycles. The zero-order valence-electron chi connectivity index (χ0n) is 14.6. The second-order valence-corrected chi connectivity index (χ2v) is 10.1. The summed E-state index contributed by atoms with van der Waals surface area (Å²) in [5, 5.41) is 2.30. The summed E-state index contributed by atoms with van der Waals surface area (Å²) < 4.78 is 27.3. The van der Waals surface area contributed by atoms with Crippen LogP contribution in [0.3, 0.4) is 0 Å². The zero-order chi connectivity index (χ0) is 18.5. The molecule has 1 amide bonds. The number of hydrogen-bond donors (Lipinski definition) is 0. The lowest BCUT2D eigenvalue weighted by molar-refractivity contribution is 0.0778. The van der Waals surface area contributed by atoms with Gasteiger partial charge in [0.2, 0.25) is 10.0 Å². The molecular weight excluding hydrogens is 372 g/mol. The SMILES string of the molecule is Cc1cccc(C(=O)N2CC3CN(Cc4csc(C)n4)S(=O)(=O)C3C2)n1. The van der Waals surface area contributed by atoms with Crippen LogP contribution in [0.25, 0.3) is 0 Å². The Morgan fingerprint density at radius 2 is 2.04 bits per heavy atom. The Hall–Kier alpha value is -1.84. The first kappa shape index (κ1) is 17.6. The molecule has 4 heterocycles. The Kier molecular flexibility index (Phi) is 4.32. The van der Waals surface area contributed by atoms with Crippen LogP contribution in [0, 0.1) is 19.8 Å². The van der Waals surface area contributed by atoms with Gasteiger partial charge in [0.15, 0.2) is 0 Å². The van der Waals surface area contributed by atoms with E-state index in [1.54, 1.807) is 17.0 Å². The highest BCUT2D eigenvalue weighted by atomic mass is 32.2. The highest BCUT2D eigenvalue weighted by Crippen LogP contribution is 2.35. The maximum absolute atomic E-state index is 12.9. The third-order valence-corrected chi connectivity index (χ3v) is 8.08. The minimum Gasteiger partial charge on any atom is -0.336 e. The van der Waals surface area contributed by atoms with Crippen molar-refractivity contribution in [3.63, 3.8) is 0 Å². The molecule has 2 aliphatic rings. The van der Waals surface area contributed by atoms with Crippen molar-refractivity contribution in [2.45, 2.75) is 25.6 Å². The van der Waals surface area contributed by atoms with E-state index >= 15 is 0 Å². The smallest absolute Gasteiger partial charge is 0.272 e. The maximum Gasteiger partial charge on any atom is 0.272 e. The third-order valence-electron chi connectivity index (χ3n) is 4.96. The first-order chi connectivity index (χ1) is 12.3. The molecule has 0 aliphatic carbocycles. The van der Waals surface area contributed by atoms with Gasteiger partial charge in [0, 0.05) is 36.6 Å². The van der Waals surface area contributed by atoms with Crippen LogP contribution in [0.4, 0.5) is 0 Å². The number of sulfonamides is 1. The highest BCUT2D eigenvalue weighted by molar-refractivity contribution is 7.90. The number of aromatic nitrogens is 2.